The molecule has 5 saturated carbocycles. The first-order valence-electron chi connectivity index (χ1n) is 14.0. The lowest BCUT2D eigenvalue weighted by molar-refractivity contribution is -0.283. The van der Waals surface area contributed by atoms with Crippen molar-refractivity contribution in [3.8, 4) is 0 Å². The average molecular weight is 487 g/mol. The number of carboxylic acid groups (broad SMARTS) is 1. The smallest absolute Gasteiger partial charge is 0.309 e. The van der Waals surface area contributed by atoms with Gasteiger partial charge in [0.05, 0.1) is 17.6 Å². The Labute approximate surface area is 210 Å². The first-order valence-corrected chi connectivity index (χ1v) is 14.0. The highest BCUT2D eigenvalue weighted by Gasteiger charge is 2.74. The molecule has 0 aromatic carbocycles. The van der Waals surface area contributed by atoms with Crippen molar-refractivity contribution in [2.45, 2.75) is 105 Å². The second kappa shape index (κ2) is 7.66. The molecule has 11 atom stereocenters. The van der Waals surface area contributed by atoms with Gasteiger partial charge in [0.25, 0.3) is 0 Å². The third kappa shape index (κ3) is 2.89. The third-order valence-electron chi connectivity index (χ3n) is 13.5. The van der Waals surface area contributed by atoms with Crippen LogP contribution in [-0.2, 0) is 9.59 Å². The van der Waals surface area contributed by atoms with Crippen LogP contribution in [0.15, 0.2) is 12.2 Å². The predicted octanol–water partition coefficient (Wildman–Crippen LogP) is 5.24. The zero-order valence-electron chi connectivity index (χ0n) is 22.3. The maximum Gasteiger partial charge on any atom is 0.309 e. The van der Waals surface area contributed by atoms with Crippen molar-refractivity contribution in [3.63, 3.8) is 0 Å². The molecule has 0 aromatic rings. The summed E-state index contributed by atoms with van der Waals surface area (Å²) in [4.78, 5) is 24.6. The summed E-state index contributed by atoms with van der Waals surface area (Å²) in [5.74, 6) is -0.171. The molecule has 3 N–H and O–H groups in total. The molecule has 0 heterocycles. The molecule has 0 radical (unpaired) electrons. The number of fused-ring (bicyclic) bond motifs is 7. The van der Waals surface area contributed by atoms with Gasteiger partial charge in [-0.25, -0.2) is 0 Å². The zero-order chi connectivity index (χ0) is 25.8. The van der Waals surface area contributed by atoms with Gasteiger partial charge in [0, 0.05) is 5.41 Å². The fraction of sp³-hybridized carbons (Fsp3) is 0.867. The molecule has 5 heteroatoms. The van der Waals surface area contributed by atoms with E-state index in [1.54, 1.807) is 0 Å². The van der Waals surface area contributed by atoms with Gasteiger partial charge >= 0.3 is 5.97 Å². The second-order valence-corrected chi connectivity index (χ2v) is 14.4. The largest absolute Gasteiger partial charge is 0.481 e. The summed E-state index contributed by atoms with van der Waals surface area (Å²) in [5.41, 5.74) is -0.982. The van der Waals surface area contributed by atoms with Crippen LogP contribution in [0.25, 0.3) is 0 Å². The van der Waals surface area contributed by atoms with E-state index in [1.807, 2.05) is 0 Å². The Balaban J connectivity index is 1.60. The van der Waals surface area contributed by atoms with Crippen molar-refractivity contribution in [1.29, 1.82) is 0 Å². The minimum absolute atomic E-state index is 0.0352. The summed E-state index contributed by atoms with van der Waals surface area (Å²) in [7, 11) is 0. The Bertz CT molecular complexity index is 941. The Morgan fingerprint density at radius 3 is 2.20 bits per heavy atom. The highest BCUT2D eigenvalue weighted by atomic mass is 16.4. The number of carbonyl (C=O) groups is 2. The maximum absolute atomic E-state index is 12.8. The minimum Gasteiger partial charge on any atom is -0.481 e. The molecule has 0 spiro atoms. The molecule has 5 fully saturated rings. The number of hydrogen-bond acceptors (Lipinski definition) is 4. The van der Waals surface area contributed by atoms with Gasteiger partial charge in [0.1, 0.15) is 6.29 Å². The van der Waals surface area contributed by atoms with E-state index in [2.05, 4.69) is 41.2 Å². The number of allylic oxidation sites excluding steroid dienone is 1. The van der Waals surface area contributed by atoms with Gasteiger partial charge in [-0.3, -0.25) is 9.59 Å². The van der Waals surface area contributed by atoms with Crippen LogP contribution < -0.4 is 0 Å². The van der Waals surface area contributed by atoms with Crippen molar-refractivity contribution in [2.24, 2.45) is 56.7 Å². The fourth-order valence-electron chi connectivity index (χ4n) is 11.4. The molecule has 0 saturated heterocycles. The van der Waals surface area contributed by atoms with Gasteiger partial charge in [-0.05, 0) is 109 Å². The highest BCUT2D eigenvalue weighted by Crippen LogP contribution is 2.77. The molecule has 0 aromatic heterocycles. The molecule has 5 rings (SSSR count). The average Bonchev–Trinajstić information content (AvgIpc) is 3.20. The topological polar surface area (TPSA) is 94.8 Å². The van der Waals surface area contributed by atoms with E-state index >= 15 is 0 Å². The number of aliphatic hydroxyl groups is 2. The number of hydrogen-bond donors (Lipinski definition) is 3. The van der Waals surface area contributed by atoms with Gasteiger partial charge in [-0.1, -0.05) is 41.2 Å². The molecular formula is C30H46O5. The molecule has 0 amide bonds. The standard InChI is InChI=1S/C30H46O5/c1-17(16-31)18-9-12-30(25(34)35)14-13-28(5)19(24(18)30)7-8-20-27(4)11-10-22(32)26(2,3)21(27)15-23(33)29(20,28)6/h16,18-24,32-33H,1,7-15H2,2-6H3,(H,34,35)/t18-,19+,20+,21-,22-,23-,24+,27+,28+,29-,30-/m0/s1. The van der Waals surface area contributed by atoms with E-state index < -0.39 is 17.5 Å². The number of rotatable bonds is 3. The van der Waals surface area contributed by atoms with E-state index in [0.717, 1.165) is 44.8 Å². The first-order chi connectivity index (χ1) is 16.2. The van der Waals surface area contributed by atoms with Crippen molar-refractivity contribution < 1.29 is 24.9 Å². The Kier molecular flexibility index (Phi) is 5.57. The van der Waals surface area contributed by atoms with E-state index in [-0.39, 0.29) is 51.4 Å². The predicted molar refractivity (Wildman–Crippen MR) is 134 cm³/mol. The quantitative estimate of drug-likeness (QED) is 0.375. The molecule has 0 unspecified atom stereocenters. The molecular weight excluding hydrogens is 440 g/mol. The van der Waals surface area contributed by atoms with Crippen LogP contribution in [0.2, 0.25) is 0 Å². The first kappa shape index (κ1) is 25.4. The Morgan fingerprint density at radius 1 is 0.886 bits per heavy atom. The van der Waals surface area contributed by atoms with Gasteiger partial charge < -0.3 is 15.3 Å². The summed E-state index contributed by atoms with van der Waals surface area (Å²) in [5, 5.41) is 33.4. The zero-order valence-corrected chi connectivity index (χ0v) is 22.3. The number of aliphatic hydroxyl groups excluding tert-OH is 2. The summed E-state index contributed by atoms with van der Waals surface area (Å²) in [6.45, 7) is 15.5. The molecule has 5 nitrogen and oxygen atoms in total. The molecule has 5 aliphatic carbocycles. The van der Waals surface area contributed by atoms with Crippen LogP contribution in [0.1, 0.15) is 92.4 Å². The van der Waals surface area contributed by atoms with E-state index in [9.17, 15) is 24.9 Å². The van der Waals surface area contributed by atoms with Crippen molar-refractivity contribution in [2.75, 3.05) is 0 Å². The van der Waals surface area contributed by atoms with Crippen LogP contribution in [0.3, 0.4) is 0 Å². The summed E-state index contributed by atoms with van der Waals surface area (Å²) < 4.78 is 0. The lowest BCUT2D eigenvalue weighted by Gasteiger charge is -2.73. The SMILES string of the molecule is C=C(C=O)[C@@H]1CC[C@]2(C(=O)O)CC[C@]3(C)[C@H](CC[C@@H]4[C@@]5(C)CC[C@H](O)C(C)(C)[C@@H]5C[C@H](O)[C@]43C)[C@@H]12. The molecule has 0 bridgehead atoms. The molecule has 35 heavy (non-hydrogen) atoms. The van der Waals surface area contributed by atoms with Gasteiger partial charge in [-0.15, -0.1) is 0 Å². The highest BCUT2D eigenvalue weighted by molar-refractivity contribution is 5.78. The van der Waals surface area contributed by atoms with Crippen LogP contribution in [-0.4, -0.2) is 39.8 Å². The van der Waals surface area contributed by atoms with Gasteiger partial charge in [0.2, 0.25) is 0 Å². The van der Waals surface area contributed by atoms with Gasteiger partial charge in [-0.2, -0.15) is 0 Å². The van der Waals surface area contributed by atoms with Crippen LogP contribution in [0, 0.1) is 56.7 Å². The molecule has 196 valence electrons. The van der Waals surface area contributed by atoms with E-state index in [0.29, 0.717) is 30.8 Å². The number of aldehydes is 1. The van der Waals surface area contributed by atoms with Crippen LogP contribution >= 0.6 is 0 Å². The van der Waals surface area contributed by atoms with Gasteiger partial charge in [0.15, 0.2) is 0 Å². The summed E-state index contributed by atoms with van der Waals surface area (Å²) in [6, 6.07) is 0. The third-order valence-corrected chi connectivity index (χ3v) is 13.5. The Hall–Kier alpha value is -1.20. The summed E-state index contributed by atoms with van der Waals surface area (Å²) >= 11 is 0. The second-order valence-electron chi connectivity index (χ2n) is 14.4. The lowest BCUT2D eigenvalue weighted by atomic mass is 9.31. The normalized spacial score (nSPS) is 54.5. The molecule has 0 aliphatic heterocycles. The Morgan fingerprint density at radius 2 is 1.57 bits per heavy atom. The number of carboxylic acids is 1. The summed E-state index contributed by atoms with van der Waals surface area (Å²) in [6.07, 6.45) is 7.14. The van der Waals surface area contributed by atoms with E-state index in [1.165, 1.54) is 0 Å². The monoisotopic (exact) mass is 486 g/mol. The van der Waals surface area contributed by atoms with Crippen molar-refractivity contribution in [3.05, 3.63) is 12.2 Å². The molecule has 5 aliphatic rings. The van der Waals surface area contributed by atoms with Crippen molar-refractivity contribution >= 4 is 12.3 Å². The lowest BCUT2D eigenvalue weighted by Crippen LogP contribution is -2.71. The van der Waals surface area contributed by atoms with Crippen LogP contribution in [0.4, 0.5) is 0 Å². The number of aliphatic carboxylic acids is 1. The number of carbonyl (C=O) groups excluding carboxylic acids is 1. The fourth-order valence-corrected chi connectivity index (χ4v) is 11.4. The van der Waals surface area contributed by atoms with Crippen molar-refractivity contribution in [1.82, 2.24) is 0 Å². The minimum atomic E-state index is -0.785. The van der Waals surface area contributed by atoms with E-state index in [4.69, 9.17) is 0 Å². The van der Waals surface area contributed by atoms with Crippen LogP contribution in [0.5, 0.6) is 0 Å². The maximum atomic E-state index is 12.8.